The van der Waals surface area contributed by atoms with E-state index in [0.29, 0.717) is 12.5 Å². The van der Waals surface area contributed by atoms with Crippen LogP contribution in [0.25, 0.3) is 0 Å². The van der Waals surface area contributed by atoms with Gasteiger partial charge in [0.2, 0.25) is 0 Å². The van der Waals surface area contributed by atoms with Crippen molar-refractivity contribution in [2.75, 3.05) is 6.54 Å². The van der Waals surface area contributed by atoms with Crippen LogP contribution >= 0.6 is 0 Å². The lowest BCUT2D eigenvalue weighted by Crippen LogP contribution is -2.49. The first-order valence-electron chi connectivity index (χ1n) is 3.97. The topological polar surface area (TPSA) is 40.5 Å². The number of amides is 1. The highest BCUT2D eigenvalue weighted by Crippen LogP contribution is 2.32. The Bertz CT molecular complexity index is 212. The lowest BCUT2D eigenvalue weighted by molar-refractivity contribution is 0.0982. The number of rotatable bonds is 0. The Labute approximate surface area is 65.3 Å². The number of hydrogen-bond donors (Lipinski definition) is 1. The summed E-state index contributed by atoms with van der Waals surface area (Å²) in [6.45, 7) is 0.709. The van der Waals surface area contributed by atoms with Crippen molar-refractivity contribution in [1.82, 2.24) is 4.90 Å². The summed E-state index contributed by atoms with van der Waals surface area (Å²) in [4.78, 5) is 12.2. The molecule has 1 amide bonds. The molecule has 2 rings (SSSR count). The molecule has 2 atom stereocenters. The first-order valence-corrected chi connectivity index (χ1v) is 3.97. The van der Waals surface area contributed by atoms with Gasteiger partial charge in [0.1, 0.15) is 0 Å². The van der Waals surface area contributed by atoms with Gasteiger partial charge in [-0.1, -0.05) is 12.2 Å². The van der Waals surface area contributed by atoms with Gasteiger partial charge in [-0.25, -0.2) is 4.79 Å². The molecule has 11 heavy (non-hydrogen) atoms. The van der Waals surface area contributed by atoms with Gasteiger partial charge in [-0.2, -0.15) is 0 Å². The zero-order chi connectivity index (χ0) is 7.84. The molecular weight excluding hydrogens is 142 g/mol. The van der Waals surface area contributed by atoms with E-state index in [1.54, 1.807) is 0 Å². The summed E-state index contributed by atoms with van der Waals surface area (Å²) in [5, 5.41) is 8.75. The van der Waals surface area contributed by atoms with Crippen LogP contribution in [0.1, 0.15) is 12.8 Å². The van der Waals surface area contributed by atoms with Crippen LogP contribution in [0.4, 0.5) is 4.79 Å². The summed E-state index contributed by atoms with van der Waals surface area (Å²) < 4.78 is 0. The summed E-state index contributed by atoms with van der Waals surface area (Å²) in [6, 6.07) is 0.196. The zero-order valence-electron chi connectivity index (χ0n) is 6.23. The van der Waals surface area contributed by atoms with Crippen LogP contribution in [0.15, 0.2) is 12.2 Å². The molecule has 1 fully saturated rings. The molecule has 2 aliphatic rings. The van der Waals surface area contributed by atoms with Crippen molar-refractivity contribution < 1.29 is 9.90 Å². The molecule has 0 bridgehead atoms. The number of piperidine rings is 1. The lowest BCUT2D eigenvalue weighted by atomic mass is 9.81. The molecule has 1 N–H and O–H groups in total. The molecule has 1 aliphatic heterocycles. The predicted octanol–water partition coefficient (Wildman–Crippen LogP) is 1.31. The standard InChI is InChI=1S/C8H11NO2/c10-8(11)9-5-1-2-6-3-4-7(6)9/h3-4,6-7H,1-2,5H2,(H,10,11)/t6-,7+/m0/s1. The Hall–Kier alpha value is -0.990. The van der Waals surface area contributed by atoms with Crippen molar-refractivity contribution in [3.05, 3.63) is 12.2 Å². The van der Waals surface area contributed by atoms with Gasteiger partial charge < -0.3 is 10.0 Å². The molecule has 1 heterocycles. The van der Waals surface area contributed by atoms with E-state index >= 15 is 0 Å². The van der Waals surface area contributed by atoms with E-state index in [-0.39, 0.29) is 6.04 Å². The fraction of sp³-hybridized carbons (Fsp3) is 0.625. The van der Waals surface area contributed by atoms with Gasteiger partial charge in [0, 0.05) is 12.5 Å². The summed E-state index contributed by atoms with van der Waals surface area (Å²) in [5.74, 6) is 0.514. The highest BCUT2D eigenvalue weighted by Gasteiger charge is 2.35. The zero-order valence-corrected chi connectivity index (χ0v) is 6.23. The van der Waals surface area contributed by atoms with Crippen molar-refractivity contribution >= 4 is 6.09 Å². The predicted molar refractivity (Wildman–Crippen MR) is 40.4 cm³/mol. The Balaban J connectivity index is 2.10. The minimum atomic E-state index is -0.774. The Kier molecular flexibility index (Phi) is 1.37. The number of carboxylic acid groups (broad SMARTS) is 1. The average molecular weight is 153 g/mol. The molecule has 1 saturated heterocycles. The van der Waals surface area contributed by atoms with Gasteiger partial charge in [0.05, 0.1) is 6.04 Å². The third kappa shape index (κ3) is 0.914. The number of fused-ring (bicyclic) bond motifs is 1. The van der Waals surface area contributed by atoms with Gasteiger partial charge >= 0.3 is 6.09 Å². The molecule has 1 aliphatic carbocycles. The van der Waals surface area contributed by atoms with Crippen LogP contribution < -0.4 is 0 Å². The molecule has 0 aromatic heterocycles. The van der Waals surface area contributed by atoms with Gasteiger partial charge in [0.15, 0.2) is 0 Å². The maximum Gasteiger partial charge on any atom is 0.407 e. The minimum Gasteiger partial charge on any atom is -0.465 e. The van der Waals surface area contributed by atoms with Crippen LogP contribution in [0.2, 0.25) is 0 Å². The Morgan fingerprint density at radius 2 is 2.36 bits per heavy atom. The molecule has 0 unspecified atom stereocenters. The van der Waals surface area contributed by atoms with Crippen molar-refractivity contribution in [3.8, 4) is 0 Å². The summed E-state index contributed by atoms with van der Waals surface area (Å²) >= 11 is 0. The van der Waals surface area contributed by atoms with Crippen LogP contribution in [0.3, 0.4) is 0 Å². The van der Waals surface area contributed by atoms with E-state index in [0.717, 1.165) is 12.8 Å². The average Bonchev–Trinajstić information content (AvgIpc) is 1.90. The SMILES string of the molecule is O=C(O)N1CCC[C@H]2C=C[C@H]21. The maximum atomic E-state index is 10.6. The monoisotopic (exact) mass is 153 g/mol. The van der Waals surface area contributed by atoms with Gasteiger partial charge in [-0.05, 0) is 12.8 Å². The van der Waals surface area contributed by atoms with Crippen molar-refractivity contribution in [2.45, 2.75) is 18.9 Å². The number of hydrogen-bond acceptors (Lipinski definition) is 1. The molecule has 60 valence electrons. The van der Waals surface area contributed by atoms with Crippen molar-refractivity contribution in [3.63, 3.8) is 0 Å². The van der Waals surface area contributed by atoms with E-state index in [1.807, 2.05) is 6.08 Å². The molecule has 0 spiro atoms. The van der Waals surface area contributed by atoms with Gasteiger partial charge in [-0.3, -0.25) is 0 Å². The van der Waals surface area contributed by atoms with Gasteiger partial charge in [0.25, 0.3) is 0 Å². The Morgan fingerprint density at radius 1 is 1.55 bits per heavy atom. The fourth-order valence-corrected chi connectivity index (χ4v) is 1.84. The van der Waals surface area contributed by atoms with E-state index in [1.165, 1.54) is 4.90 Å². The largest absolute Gasteiger partial charge is 0.465 e. The third-order valence-electron chi connectivity index (χ3n) is 2.54. The molecule has 0 radical (unpaired) electrons. The highest BCUT2D eigenvalue weighted by atomic mass is 16.4. The molecule has 0 aromatic carbocycles. The van der Waals surface area contributed by atoms with Crippen molar-refractivity contribution in [2.24, 2.45) is 5.92 Å². The molecule has 0 aromatic rings. The summed E-state index contributed by atoms with van der Waals surface area (Å²) in [6.07, 6.45) is 5.49. The second-order valence-electron chi connectivity index (χ2n) is 3.16. The number of nitrogens with zero attached hydrogens (tertiary/aromatic N) is 1. The van der Waals surface area contributed by atoms with Gasteiger partial charge in [-0.15, -0.1) is 0 Å². The lowest BCUT2D eigenvalue weighted by Gasteiger charge is -2.41. The van der Waals surface area contributed by atoms with E-state index in [2.05, 4.69) is 6.08 Å². The Morgan fingerprint density at radius 3 is 2.82 bits per heavy atom. The molecule has 3 heteroatoms. The first-order chi connectivity index (χ1) is 5.29. The maximum absolute atomic E-state index is 10.6. The second-order valence-corrected chi connectivity index (χ2v) is 3.16. The van der Waals surface area contributed by atoms with Crippen LogP contribution in [0, 0.1) is 5.92 Å². The summed E-state index contributed by atoms with van der Waals surface area (Å²) in [7, 11) is 0. The number of carbonyl (C=O) groups is 1. The summed E-state index contributed by atoms with van der Waals surface area (Å²) in [5.41, 5.74) is 0. The normalized spacial score (nSPS) is 34.4. The molecule has 3 nitrogen and oxygen atoms in total. The first kappa shape index (κ1) is 6.70. The van der Waals surface area contributed by atoms with E-state index in [4.69, 9.17) is 5.11 Å². The number of likely N-dealkylation sites (tertiary alicyclic amines) is 1. The molecule has 0 saturated carbocycles. The third-order valence-corrected chi connectivity index (χ3v) is 2.54. The fourth-order valence-electron chi connectivity index (χ4n) is 1.84. The van der Waals surface area contributed by atoms with Crippen LogP contribution in [0.5, 0.6) is 0 Å². The second kappa shape index (κ2) is 2.26. The molecular formula is C8H11NO2. The quantitative estimate of drug-likeness (QED) is 0.533. The smallest absolute Gasteiger partial charge is 0.407 e. The van der Waals surface area contributed by atoms with Crippen LogP contribution in [-0.2, 0) is 0 Å². The van der Waals surface area contributed by atoms with Crippen molar-refractivity contribution in [1.29, 1.82) is 0 Å². The van der Waals surface area contributed by atoms with E-state index in [9.17, 15) is 4.79 Å². The minimum absolute atomic E-state index is 0.196. The highest BCUT2D eigenvalue weighted by molar-refractivity contribution is 5.66. The van der Waals surface area contributed by atoms with Crippen LogP contribution in [-0.4, -0.2) is 28.7 Å². The van der Waals surface area contributed by atoms with E-state index < -0.39 is 6.09 Å².